The lowest BCUT2D eigenvalue weighted by Crippen LogP contribution is -2.38. The highest BCUT2D eigenvalue weighted by atomic mass is 15.3. The molecule has 0 aromatic heterocycles. The summed E-state index contributed by atoms with van der Waals surface area (Å²) in [5.74, 6) is 0. The van der Waals surface area contributed by atoms with Gasteiger partial charge < -0.3 is 0 Å². The van der Waals surface area contributed by atoms with Gasteiger partial charge in [0.05, 0.1) is 0 Å². The first kappa shape index (κ1) is 11.0. The Labute approximate surface area is 82.5 Å². The average Bonchev–Trinajstić information content (AvgIpc) is 2.16. The molecule has 0 atom stereocenters. The van der Waals surface area contributed by atoms with Crippen LogP contribution in [0.1, 0.15) is 57.8 Å². The zero-order valence-electron chi connectivity index (χ0n) is 8.94. The first-order valence-electron chi connectivity index (χ1n) is 5.86. The van der Waals surface area contributed by atoms with Crippen molar-refractivity contribution in [2.45, 2.75) is 63.8 Å². The van der Waals surface area contributed by atoms with E-state index in [1.807, 2.05) is 7.05 Å². The number of hydrogen-bond acceptors (Lipinski definition) is 2. The number of nitrogens with one attached hydrogen (secondary N) is 2. The van der Waals surface area contributed by atoms with Gasteiger partial charge in [-0.05, 0) is 19.9 Å². The number of hydrogen-bond donors (Lipinski definition) is 2. The third-order valence-electron chi connectivity index (χ3n) is 2.95. The number of rotatable bonds is 2. The van der Waals surface area contributed by atoms with Crippen LogP contribution in [0.2, 0.25) is 0 Å². The van der Waals surface area contributed by atoms with Gasteiger partial charge in [0.25, 0.3) is 0 Å². The molecule has 0 saturated heterocycles. The van der Waals surface area contributed by atoms with E-state index in [1.165, 1.54) is 57.8 Å². The van der Waals surface area contributed by atoms with Crippen LogP contribution < -0.4 is 10.9 Å². The van der Waals surface area contributed by atoms with Crippen LogP contribution in [0.5, 0.6) is 0 Å². The summed E-state index contributed by atoms with van der Waals surface area (Å²) < 4.78 is 0. The first-order chi connectivity index (χ1) is 6.43. The molecule has 1 aliphatic rings. The summed E-state index contributed by atoms with van der Waals surface area (Å²) in [5, 5.41) is 0. The van der Waals surface area contributed by atoms with E-state index in [1.54, 1.807) is 0 Å². The van der Waals surface area contributed by atoms with Crippen molar-refractivity contribution < 1.29 is 0 Å². The molecule has 0 aliphatic heterocycles. The van der Waals surface area contributed by atoms with Crippen LogP contribution in [0.25, 0.3) is 0 Å². The SMILES string of the molecule is CNNC1CCCCCCCCC1. The summed E-state index contributed by atoms with van der Waals surface area (Å²) >= 11 is 0. The minimum absolute atomic E-state index is 0.711. The lowest BCUT2D eigenvalue weighted by molar-refractivity contribution is 0.372. The molecular weight excluding hydrogens is 160 g/mol. The fourth-order valence-corrected chi connectivity index (χ4v) is 2.16. The van der Waals surface area contributed by atoms with Gasteiger partial charge in [-0.1, -0.05) is 44.9 Å². The third-order valence-corrected chi connectivity index (χ3v) is 2.95. The molecule has 0 aromatic carbocycles. The van der Waals surface area contributed by atoms with E-state index in [4.69, 9.17) is 0 Å². The third kappa shape index (κ3) is 5.27. The van der Waals surface area contributed by atoms with Crippen molar-refractivity contribution in [3.63, 3.8) is 0 Å². The molecule has 0 spiro atoms. The molecule has 1 aliphatic carbocycles. The molecule has 0 aromatic rings. The van der Waals surface area contributed by atoms with Gasteiger partial charge in [0.2, 0.25) is 0 Å². The second-order valence-corrected chi connectivity index (χ2v) is 4.14. The van der Waals surface area contributed by atoms with E-state index < -0.39 is 0 Å². The van der Waals surface area contributed by atoms with Crippen LogP contribution in [-0.4, -0.2) is 13.1 Å². The molecule has 0 unspecified atom stereocenters. The summed E-state index contributed by atoms with van der Waals surface area (Å²) in [5.41, 5.74) is 6.42. The maximum absolute atomic E-state index is 3.35. The maximum atomic E-state index is 3.35. The number of hydrazine groups is 1. The summed E-state index contributed by atoms with van der Waals surface area (Å²) in [6, 6.07) is 0.711. The molecule has 13 heavy (non-hydrogen) atoms. The molecule has 78 valence electrons. The lowest BCUT2D eigenvalue weighted by atomic mass is 9.98. The van der Waals surface area contributed by atoms with Gasteiger partial charge in [-0.25, -0.2) is 0 Å². The molecule has 2 nitrogen and oxygen atoms in total. The van der Waals surface area contributed by atoms with Crippen LogP contribution in [0.15, 0.2) is 0 Å². The Kier molecular flexibility index (Phi) is 6.21. The van der Waals surface area contributed by atoms with E-state index >= 15 is 0 Å². The van der Waals surface area contributed by atoms with Gasteiger partial charge in [0.15, 0.2) is 0 Å². The molecule has 0 radical (unpaired) electrons. The highest BCUT2D eigenvalue weighted by Crippen LogP contribution is 2.16. The lowest BCUT2D eigenvalue weighted by Gasteiger charge is -2.19. The fraction of sp³-hybridized carbons (Fsp3) is 1.00. The smallest absolute Gasteiger partial charge is 0.0212 e. The van der Waals surface area contributed by atoms with E-state index in [-0.39, 0.29) is 0 Å². The summed E-state index contributed by atoms with van der Waals surface area (Å²) in [4.78, 5) is 0. The Morgan fingerprint density at radius 2 is 1.23 bits per heavy atom. The summed E-state index contributed by atoms with van der Waals surface area (Å²) in [7, 11) is 1.97. The Balaban J connectivity index is 2.18. The predicted octanol–water partition coefficient (Wildman–Crippen LogP) is 2.60. The zero-order chi connectivity index (χ0) is 9.36. The first-order valence-corrected chi connectivity index (χ1v) is 5.86. The molecule has 2 N–H and O–H groups in total. The van der Waals surface area contributed by atoms with Crippen LogP contribution in [0.3, 0.4) is 0 Å². The minimum atomic E-state index is 0.711. The van der Waals surface area contributed by atoms with Crippen LogP contribution >= 0.6 is 0 Å². The van der Waals surface area contributed by atoms with Crippen LogP contribution in [-0.2, 0) is 0 Å². The predicted molar refractivity (Wildman–Crippen MR) is 57.5 cm³/mol. The average molecular weight is 184 g/mol. The van der Waals surface area contributed by atoms with Gasteiger partial charge in [-0.15, -0.1) is 0 Å². The maximum Gasteiger partial charge on any atom is 0.0212 e. The molecule has 0 amide bonds. The topological polar surface area (TPSA) is 24.1 Å². The van der Waals surface area contributed by atoms with Gasteiger partial charge in [-0.2, -0.15) is 0 Å². The normalized spacial score (nSPS) is 22.8. The highest BCUT2D eigenvalue weighted by molar-refractivity contribution is 4.65. The van der Waals surface area contributed by atoms with Gasteiger partial charge >= 0.3 is 0 Å². The molecule has 2 heteroatoms. The van der Waals surface area contributed by atoms with Gasteiger partial charge in [0.1, 0.15) is 0 Å². The summed E-state index contributed by atoms with van der Waals surface area (Å²) in [6.07, 6.45) is 12.7. The molecule has 1 saturated carbocycles. The molecule has 1 fully saturated rings. The van der Waals surface area contributed by atoms with Crippen molar-refractivity contribution in [2.75, 3.05) is 7.05 Å². The Morgan fingerprint density at radius 3 is 1.69 bits per heavy atom. The monoisotopic (exact) mass is 184 g/mol. The van der Waals surface area contributed by atoms with Crippen LogP contribution in [0, 0.1) is 0 Å². The van der Waals surface area contributed by atoms with Crippen molar-refractivity contribution >= 4 is 0 Å². The quantitative estimate of drug-likeness (QED) is 0.645. The van der Waals surface area contributed by atoms with E-state index in [0.29, 0.717) is 6.04 Å². The second kappa shape index (κ2) is 7.34. The molecule has 0 bridgehead atoms. The molecule has 0 heterocycles. The van der Waals surface area contributed by atoms with E-state index in [0.717, 1.165) is 0 Å². The van der Waals surface area contributed by atoms with E-state index in [9.17, 15) is 0 Å². The standard InChI is InChI=1S/C11H24N2/c1-12-13-11-9-7-5-3-2-4-6-8-10-11/h11-13H,2-10H2,1H3. The Hall–Kier alpha value is -0.0800. The van der Waals surface area contributed by atoms with Crippen molar-refractivity contribution in [1.29, 1.82) is 0 Å². The second-order valence-electron chi connectivity index (χ2n) is 4.14. The molecular formula is C11H24N2. The van der Waals surface area contributed by atoms with Crippen molar-refractivity contribution in [1.82, 2.24) is 10.9 Å². The fourth-order valence-electron chi connectivity index (χ4n) is 2.16. The largest absolute Gasteiger partial charge is 0.261 e. The van der Waals surface area contributed by atoms with Crippen molar-refractivity contribution in [3.05, 3.63) is 0 Å². The van der Waals surface area contributed by atoms with E-state index in [2.05, 4.69) is 10.9 Å². The minimum Gasteiger partial charge on any atom is -0.261 e. The van der Waals surface area contributed by atoms with Crippen molar-refractivity contribution in [2.24, 2.45) is 0 Å². The Morgan fingerprint density at radius 1 is 0.769 bits per heavy atom. The van der Waals surface area contributed by atoms with Crippen molar-refractivity contribution in [3.8, 4) is 0 Å². The zero-order valence-corrected chi connectivity index (χ0v) is 8.94. The van der Waals surface area contributed by atoms with Gasteiger partial charge in [-0.3, -0.25) is 10.9 Å². The Bertz CT molecular complexity index is 105. The van der Waals surface area contributed by atoms with Gasteiger partial charge in [0, 0.05) is 6.04 Å². The molecule has 1 rings (SSSR count). The van der Waals surface area contributed by atoms with Crippen LogP contribution in [0.4, 0.5) is 0 Å². The summed E-state index contributed by atoms with van der Waals surface area (Å²) in [6.45, 7) is 0. The highest BCUT2D eigenvalue weighted by Gasteiger charge is 2.07.